The average molecular weight is 331 g/mol. The molecule has 1 heterocycles. The summed E-state index contributed by atoms with van der Waals surface area (Å²) in [7, 11) is 0. The lowest BCUT2D eigenvalue weighted by Crippen LogP contribution is -2.30. The van der Waals surface area contributed by atoms with E-state index in [1.807, 2.05) is 6.92 Å². The Morgan fingerprint density at radius 2 is 2.20 bits per heavy atom. The summed E-state index contributed by atoms with van der Waals surface area (Å²) >= 11 is 13.2. The number of amides is 1. The van der Waals surface area contributed by atoms with Crippen molar-refractivity contribution in [2.24, 2.45) is 0 Å². The quantitative estimate of drug-likeness (QED) is 0.915. The molecule has 0 fully saturated rings. The van der Waals surface area contributed by atoms with Gasteiger partial charge in [-0.25, -0.2) is 4.98 Å². The molecule has 1 N–H and O–H groups in total. The third-order valence-electron chi connectivity index (χ3n) is 2.42. The molecule has 0 bridgehead atoms. The van der Waals surface area contributed by atoms with Gasteiger partial charge in [0.1, 0.15) is 5.75 Å². The molecular weight excluding hydrogens is 319 g/mol. The summed E-state index contributed by atoms with van der Waals surface area (Å²) in [6, 6.07) is 4.84. The molecule has 0 aliphatic heterocycles. The number of halogens is 2. The van der Waals surface area contributed by atoms with Crippen molar-refractivity contribution in [3.8, 4) is 5.75 Å². The largest absolute Gasteiger partial charge is 0.479 e. The van der Waals surface area contributed by atoms with E-state index in [0.717, 1.165) is 4.88 Å². The number of carbonyl (C=O) groups is 1. The van der Waals surface area contributed by atoms with Crippen molar-refractivity contribution in [1.82, 2.24) is 4.98 Å². The number of rotatable bonds is 4. The number of hydrogen-bond acceptors (Lipinski definition) is 4. The molecule has 0 saturated heterocycles. The van der Waals surface area contributed by atoms with E-state index in [-0.39, 0.29) is 5.91 Å². The number of benzene rings is 1. The molecule has 0 radical (unpaired) electrons. The Balaban J connectivity index is 2.00. The Bertz CT molecular complexity index is 631. The molecule has 4 nitrogen and oxygen atoms in total. The van der Waals surface area contributed by atoms with Gasteiger partial charge in [0.15, 0.2) is 11.2 Å². The van der Waals surface area contributed by atoms with Crippen LogP contribution in [0.1, 0.15) is 11.8 Å². The van der Waals surface area contributed by atoms with E-state index >= 15 is 0 Å². The summed E-state index contributed by atoms with van der Waals surface area (Å²) in [4.78, 5) is 17.1. The van der Waals surface area contributed by atoms with Gasteiger partial charge in [0.25, 0.3) is 5.91 Å². The van der Waals surface area contributed by atoms with Crippen LogP contribution in [0.25, 0.3) is 0 Å². The lowest BCUT2D eigenvalue weighted by atomic mass is 10.3. The maximum atomic E-state index is 12.0. The number of aromatic nitrogens is 1. The highest BCUT2D eigenvalue weighted by atomic mass is 35.5. The van der Waals surface area contributed by atoms with Gasteiger partial charge in [0, 0.05) is 16.1 Å². The van der Waals surface area contributed by atoms with Crippen molar-refractivity contribution in [1.29, 1.82) is 0 Å². The number of nitrogens with zero attached hydrogens (tertiary/aromatic N) is 1. The first-order valence-corrected chi connectivity index (χ1v) is 7.38. The van der Waals surface area contributed by atoms with Gasteiger partial charge < -0.3 is 4.74 Å². The Morgan fingerprint density at radius 1 is 1.45 bits per heavy atom. The first-order chi connectivity index (χ1) is 9.45. The molecule has 1 aromatic carbocycles. The van der Waals surface area contributed by atoms with Gasteiger partial charge in [-0.3, -0.25) is 10.1 Å². The number of hydrogen-bond donors (Lipinski definition) is 1. The molecule has 2 aromatic rings. The van der Waals surface area contributed by atoms with Crippen LogP contribution in [0, 0.1) is 6.92 Å². The summed E-state index contributed by atoms with van der Waals surface area (Å²) in [6.07, 6.45) is 1.000. The van der Waals surface area contributed by atoms with Gasteiger partial charge >= 0.3 is 0 Å². The van der Waals surface area contributed by atoms with Crippen molar-refractivity contribution in [2.45, 2.75) is 20.0 Å². The highest BCUT2D eigenvalue weighted by molar-refractivity contribution is 7.15. The Hall–Kier alpha value is -1.30. The van der Waals surface area contributed by atoms with E-state index in [9.17, 15) is 4.79 Å². The van der Waals surface area contributed by atoms with E-state index in [0.29, 0.717) is 20.9 Å². The molecule has 20 heavy (non-hydrogen) atoms. The number of nitrogens with one attached hydrogen (secondary N) is 1. The zero-order valence-electron chi connectivity index (χ0n) is 10.8. The van der Waals surface area contributed by atoms with Gasteiger partial charge in [0.2, 0.25) is 0 Å². The lowest BCUT2D eigenvalue weighted by molar-refractivity contribution is -0.122. The number of carbonyl (C=O) groups excluding carboxylic acids is 1. The molecule has 0 aliphatic carbocycles. The van der Waals surface area contributed by atoms with Crippen LogP contribution < -0.4 is 10.1 Å². The monoisotopic (exact) mass is 330 g/mol. The second-order valence-electron chi connectivity index (χ2n) is 4.10. The third-order valence-corrected chi connectivity index (χ3v) is 3.78. The van der Waals surface area contributed by atoms with E-state index in [1.165, 1.54) is 11.3 Å². The zero-order chi connectivity index (χ0) is 14.7. The van der Waals surface area contributed by atoms with Gasteiger partial charge in [-0.05, 0) is 32.0 Å². The van der Waals surface area contributed by atoms with Crippen molar-refractivity contribution in [2.75, 3.05) is 5.32 Å². The number of anilines is 1. The summed E-state index contributed by atoms with van der Waals surface area (Å²) in [5.41, 5.74) is 0. The topological polar surface area (TPSA) is 51.2 Å². The molecule has 7 heteroatoms. The lowest BCUT2D eigenvalue weighted by Gasteiger charge is -2.14. The van der Waals surface area contributed by atoms with Gasteiger partial charge in [0.05, 0.1) is 5.02 Å². The fourth-order valence-corrected chi connectivity index (χ4v) is 2.55. The molecule has 2 rings (SSSR count). The smallest absolute Gasteiger partial charge is 0.266 e. The van der Waals surface area contributed by atoms with E-state index < -0.39 is 6.10 Å². The molecule has 0 spiro atoms. The maximum absolute atomic E-state index is 12.0. The SMILES string of the molecule is Cc1cnc(NC(=O)C(C)Oc2ccc(Cl)cc2Cl)s1. The Kier molecular flexibility index (Phi) is 4.86. The summed E-state index contributed by atoms with van der Waals surface area (Å²) in [5.74, 6) is 0.124. The Morgan fingerprint density at radius 3 is 2.80 bits per heavy atom. The van der Waals surface area contributed by atoms with Crippen LogP contribution in [0.3, 0.4) is 0 Å². The first-order valence-electron chi connectivity index (χ1n) is 5.80. The molecular formula is C13H12Cl2N2O2S. The molecule has 1 atom stereocenters. The third kappa shape index (κ3) is 3.85. The van der Waals surface area contributed by atoms with Crippen LogP contribution in [0.2, 0.25) is 10.0 Å². The zero-order valence-corrected chi connectivity index (χ0v) is 13.1. The van der Waals surface area contributed by atoms with Crippen LogP contribution in [0.4, 0.5) is 5.13 Å². The second kappa shape index (κ2) is 6.43. The predicted molar refractivity (Wildman–Crippen MR) is 82.0 cm³/mol. The first kappa shape index (κ1) is 15.1. The minimum absolute atomic E-state index is 0.287. The predicted octanol–water partition coefficient (Wildman–Crippen LogP) is 4.16. The molecule has 106 valence electrons. The Labute approximate surface area is 130 Å². The van der Waals surface area contributed by atoms with Crippen molar-refractivity contribution < 1.29 is 9.53 Å². The number of ether oxygens (including phenoxy) is 1. The number of thiazole rings is 1. The van der Waals surface area contributed by atoms with Crippen LogP contribution in [-0.4, -0.2) is 17.0 Å². The highest BCUT2D eigenvalue weighted by Crippen LogP contribution is 2.28. The normalized spacial score (nSPS) is 12.0. The summed E-state index contributed by atoms with van der Waals surface area (Å²) in [5, 5.41) is 4.11. The van der Waals surface area contributed by atoms with Gasteiger partial charge in [-0.2, -0.15) is 0 Å². The molecule has 1 aromatic heterocycles. The molecule has 0 aliphatic rings. The molecule has 1 amide bonds. The second-order valence-corrected chi connectivity index (χ2v) is 6.18. The van der Waals surface area contributed by atoms with Crippen LogP contribution in [-0.2, 0) is 4.79 Å². The fourth-order valence-electron chi connectivity index (χ4n) is 1.43. The van der Waals surface area contributed by atoms with Crippen molar-refractivity contribution >= 4 is 45.6 Å². The summed E-state index contributed by atoms with van der Waals surface area (Å²) in [6.45, 7) is 3.56. The van der Waals surface area contributed by atoms with E-state index in [4.69, 9.17) is 27.9 Å². The maximum Gasteiger partial charge on any atom is 0.266 e. The van der Waals surface area contributed by atoms with Crippen molar-refractivity contribution in [3.63, 3.8) is 0 Å². The number of aryl methyl sites for hydroxylation is 1. The molecule has 1 unspecified atom stereocenters. The van der Waals surface area contributed by atoms with Gasteiger partial charge in [-0.1, -0.05) is 23.2 Å². The van der Waals surface area contributed by atoms with Crippen LogP contribution in [0.15, 0.2) is 24.4 Å². The van der Waals surface area contributed by atoms with E-state index in [1.54, 1.807) is 31.3 Å². The minimum Gasteiger partial charge on any atom is -0.479 e. The molecule has 0 saturated carbocycles. The van der Waals surface area contributed by atoms with Crippen LogP contribution >= 0.6 is 34.5 Å². The standard InChI is InChI=1S/C13H12Cl2N2O2S/c1-7-6-16-13(20-7)17-12(18)8(2)19-11-4-3-9(14)5-10(11)15/h3-6,8H,1-2H3,(H,16,17,18). The highest BCUT2D eigenvalue weighted by Gasteiger charge is 2.17. The fraction of sp³-hybridized carbons (Fsp3) is 0.231. The van der Waals surface area contributed by atoms with Crippen molar-refractivity contribution in [3.05, 3.63) is 39.3 Å². The minimum atomic E-state index is -0.696. The average Bonchev–Trinajstić information content (AvgIpc) is 2.78. The van der Waals surface area contributed by atoms with Crippen LogP contribution in [0.5, 0.6) is 5.75 Å². The van der Waals surface area contributed by atoms with E-state index in [2.05, 4.69) is 10.3 Å². The van der Waals surface area contributed by atoms with Gasteiger partial charge in [-0.15, -0.1) is 11.3 Å². The summed E-state index contributed by atoms with van der Waals surface area (Å²) < 4.78 is 5.52.